The minimum absolute atomic E-state index is 0.799. The zero-order valence-corrected chi connectivity index (χ0v) is 12.4. The van der Waals surface area contributed by atoms with Crippen LogP contribution >= 0.6 is 0 Å². The van der Waals surface area contributed by atoms with E-state index in [1.807, 2.05) is 0 Å². The standard InChI is InChI=1S/C12H22O12/c13-1-3-5(15)7(17)10(19)12(21,23-3)24-9-4(2-14)22-11(20)8(18)6(9)16/h3-11,13-21H,1-2H2/t3-,4-,5-,6-,7+,8-,9-,10-,11+,12+/m1/s1. The fourth-order valence-electron chi connectivity index (χ4n) is 2.63. The molecule has 2 aliphatic heterocycles. The van der Waals surface area contributed by atoms with Crippen LogP contribution < -0.4 is 0 Å². The van der Waals surface area contributed by atoms with Crippen molar-refractivity contribution < 1.29 is 60.2 Å². The molecule has 0 aliphatic carbocycles. The van der Waals surface area contributed by atoms with Crippen molar-refractivity contribution in [1.29, 1.82) is 0 Å². The summed E-state index contributed by atoms with van der Waals surface area (Å²) in [5, 5.41) is 86.8. The summed E-state index contributed by atoms with van der Waals surface area (Å²) in [5.41, 5.74) is 0. The van der Waals surface area contributed by atoms with Gasteiger partial charge in [-0.05, 0) is 0 Å². The predicted octanol–water partition coefficient (Wildman–Crippen LogP) is -6.08. The molecule has 2 rings (SSSR count). The number of rotatable bonds is 4. The van der Waals surface area contributed by atoms with Crippen LogP contribution in [0.3, 0.4) is 0 Å². The van der Waals surface area contributed by atoms with Gasteiger partial charge in [-0.1, -0.05) is 0 Å². The van der Waals surface area contributed by atoms with Gasteiger partial charge in [-0.2, -0.15) is 0 Å². The molecule has 2 aliphatic rings. The molecule has 0 spiro atoms. The van der Waals surface area contributed by atoms with Crippen molar-refractivity contribution in [2.75, 3.05) is 13.2 Å². The fraction of sp³-hybridized carbons (Fsp3) is 1.00. The van der Waals surface area contributed by atoms with E-state index in [1.165, 1.54) is 0 Å². The van der Waals surface area contributed by atoms with Crippen molar-refractivity contribution in [1.82, 2.24) is 0 Å². The Morgan fingerprint density at radius 1 is 0.792 bits per heavy atom. The van der Waals surface area contributed by atoms with Gasteiger partial charge in [0.1, 0.15) is 42.7 Å². The Labute approximate surface area is 135 Å². The average Bonchev–Trinajstić information content (AvgIpc) is 2.57. The Balaban J connectivity index is 2.22. The molecule has 0 radical (unpaired) electrons. The summed E-state index contributed by atoms with van der Waals surface area (Å²) < 4.78 is 14.7. The van der Waals surface area contributed by atoms with Crippen molar-refractivity contribution in [2.45, 2.75) is 61.1 Å². The Morgan fingerprint density at radius 3 is 1.92 bits per heavy atom. The Bertz CT molecular complexity index is 419. The van der Waals surface area contributed by atoms with Crippen LogP contribution in [-0.2, 0) is 14.2 Å². The third-order valence-corrected chi connectivity index (χ3v) is 4.07. The monoisotopic (exact) mass is 358 g/mol. The minimum Gasteiger partial charge on any atom is -0.394 e. The van der Waals surface area contributed by atoms with Gasteiger partial charge in [0.05, 0.1) is 13.2 Å². The third-order valence-electron chi connectivity index (χ3n) is 4.07. The van der Waals surface area contributed by atoms with Crippen LogP contribution in [0.25, 0.3) is 0 Å². The van der Waals surface area contributed by atoms with E-state index in [-0.39, 0.29) is 0 Å². The van der Waals surface area contributed by atoms with E-state index < -0.39 is 74.3 Å². The van der Waals surface area contributed by atoms with Crippen molar-refractivity contribution in [2.24, 2.45) is 0 Å². The quantitative estimate of drug-likeness (QED) is 0.215. The molecule has 0 amide bonds. The zero-order valence-electron chi connectivity index (χ0n) is 12.4. The Hall–Kier alpha value is -0.480. The van der Waals surface area contributed by atoms with E-state index in [2.05, 4.69) is 0 Å². The van der Waals surface area contributed by atoms with Crippen LogP contribution in [0, 0.1) is 0 Å². The number of ether oxygens (including phenoxy) is 3. The van der Waals surface area contributed by atoms with E-state index in [9.17, 15) is 40.9 Å². The molecule has 0 aromatic heterocycles. The molecule has 0 bridgehead atoms. The third kappa shape index (κ3) is 3.41. The summed E-state index contributed by atoms with van der Waals surface area (Å²) in [6.45, 7) is -1.64. The van der Waals surface area contributed by atoms with Gasteiger partial charge in [0, 0.05) is 0 Å². The molecule has 0 aromatic carbocycles. The molecule has 12 nitrogen and oxygen atoms in total. The van der Waals surface area contributed by atoms with E-state index in [4.69, 9.17) is 19.3 Å². The maximum Gasteiger partial charge on any atom is 0.311 e. The van der Waals surface area contributed by atoms with Crippen molar-refractivity contribution in [3.63, 3.8) is 0 Å². The van der Waals surface area contributed by atoms with Gasteiger partial charge in [-0.3, -0.25) is 0 Å². The highest BCUT2D eigenvalue weighted by Gasteiger charge is 2.57. The largest absolute Gasteiger partial charge is 0.394 e. The molecule has 10 atom stereocenters. The maximum absolute atomic E-state index is 10.3. The molecule has 0 saturated carbocycles. The first kappa shape index (κ1) is 19.8. The molecule has 12 heteroatoms. The second-order valence-electron chi connectivity index (χ2n) is 5.71. The second-order valence-corrected chi connectivity index (χ2v) is 5.71. The number of aliphatic hydroxyl groups excluding tert-OH is 8. The lowest BCUT2D eigenvalue weighted by Gasteiger charge is -2.48. The molecular formula is C12H22O12. The second kappa shape index (κ2) is 7.41. The van der Waals surface area contributed by atoms with Crippen LogP contribution in [0.15, 0.2) is 0 Å². The maximum atomic E-state index is 10.3. The fourth-order valence-corrected chi connectivity index (χ4v) is 2.63. The molecule has 24 heavy (non-hydrogen) atoms. The van der Waals surface area contributed by atoms with Crippen LogP contribution in [0.2, 0.25) is 0 Å². The molecule has 9 N–H and O–H groups in total. The van der Waals surface area contributed by atoms with Gasteiger partial charge in [-0.25, -0.2) is 0 Å². The van der Waals surface area contributed by atoms with Crippen LogP contribution in [0.1, 0.15) is 0 Å². The SMILES string of the molecule is OC[C@H]1O[C@](O)(O[C@H]2[C@H](O)[C@@H](O)[C@@H](O)O[C@@H]2CO)[C@H](O)[C@@H](O)[C@@H]1O. The number of hydrogen-bond donors (Lipinski definition) is 9. The van der Waals surface area contributed by atoms with Gasteiger partial charge >= 0.3 is 5.97 Å². The highest BCUT2D eigenvalue weighted by Crippen LogP contribution is 2.33. The van der Waals surface area contributed by atoms with E-state index in [0.717, 1.165) is 0 Å². The van der Waals surface area contributed by atoms with Gasteiger partial charge in [0.2, 0.25) is 0 Å². The molecular weight excluding hydrogens is 336 g/mol. The van der Waals surface area contributed by atoms with Crippen LogP contribution in [0.4, 0.5) is 0 Å². The van der Waals surface area contributed by atoms with Gasteiger partial charge in [0.15, 0.2) is 12.4 Å². The summed E-state index contributed by atoms with van der Waals surface area (Å²) in [6.07, 6.45) is -16.1. The van der Waals surface area contributed by atoms with E-state index in [0.29, 0.717) is 0 Å². The lowest BCUT2D eigenvalue weighted by atomic mass is 9.96. The lowest BCUT2D eigenvalue weighted by Crippen LogP contribution is -2.69. The Morgan fingerprint density at radius 2 is 1.38 bits per heavy atom. The molecule has 0 aromatic rings. The number of hydrogen-bond acceptors (Lipinski definition) is 12. The van der Waals surface area contributed by atoms with E-state index >= 15 is 0 Å². The smallest absolute Gasteiger partial charge is 0.311 e. The average molecular weight is 358 g/mol. The lowest BCUT2D eigenvalue weighted by molar-refractivity contribution is -0.473. The predicted molar refractivity (Wildman–Crippen MR) is 69.8 cm³/mol. The van der Waals surface area contributed by atoms with E-state index in [1.54, 1.807) is 0 Å². The van der Waals surface area contributed by atoms with Gasteiger partial charge in [-0.15, -0.1) is 0 Å². The van der Waals surface area contributed by atoms with Crippen molar-refractivity contribution >= 4 is 0 Å². The first-order valence-electron chi connectivity index (χ1n) is 7.19. The first-order chi connectivity index (χ1) is 11.2. The summed E-state index contributed by atoms with van der Waals surface area (Å²) >= 11 is 0. The molecule has 2 fully saturated rings. The highest BCUT2D eigenvalue weighted by molar-refractivity contribution is 4.95. The zero-order chi connectivity index (χ0) is 18.2. The van der Waals surface area contributed by atoms with Crippen molar-refractivity contribution in [3.05, 3.63) is 0 Å². The van der Waals surface area contributed by atoms with Crippen molar-refractivity contribution in [3.8, 4) is 0 Å². The highest BCUT2D eigenvalue weighted by atomic mass is 16.8. The van der Waals surface area contributed by atoms with Crippen LogP contribution in [-0.4, -0.2) is 120 Å². The summed E-state index contributed by atoms with van der Waals surface area (Å²) in [7, 11) is 0. The normalized spacial score (nSPS) is 53.1. The topological polar surface area (TPSA) is 210 Å². The summed E-state index contributed by atoms with van der Waals surface area (Å²) in [4.78, 5) is 0. The molecule has 2 heterocycles. The first-order valence-corrected chi connectivity index (χ1v) is 7.19. The molecule has 0 unspecified atom stereocenters. The molecule has 142 valence electrons. The minimum atomic E-state index is -3.00. The summed E-state index contributed by atoms with van der Waals surface area (Å²) in [5.74, 6) is -3.00. The van der Waals surface area contributed by atoms with Gasteiger partial charge < -0.3 is 60.2 Å². The van der Waals surface area contributed by atoms with Gasteiger partial charge in [0.25, 0.3) is 0 Å². The molecule has 2 saturated heterocycles. The van der Waals surface area contributed by atoms with Crippen LogP contribution in [0.5, 0.6) is 0 Å². The summed E-state index contributed by atoms with van der Waals surface area (Å²) in [6, 6.07) is 0. The Kier molecular flexibility index (Phi) is 6.12. The number of aliphatic hydroxyl groups is 9.